The lowest BCUT2D eigenvalue weighted by Crippen LogP contribution is -2.35. The SMILES string of the molecule is CCOC(=O)/C=C/c1nc(CN2CCC(c3cccc4c3O[C@@](C)(c3ccc(Cl)cc3F)O4)CC2)n(C[C@@H]2CCO2)c1C. The summed E-state index contributed by atoms with van der Waals surface area (Å²) in [5, 5.41) is 0.325. The van der Waals surface area contributed by atoms with Crippen molar-refractivity contribution in [1.82, 2.24) is 14.5 Å². The number of piperidine rings is 1. The van der Waals surface area contributed by atoms with Crippen LogP contribution in [0.1, 0.15) is 67.4 Å². The topological polar surface area (TPSA) is 75.0 Å². The van der Waals surface area contributed by atoms with Crippen LogP contribution >= 0.6 is 11.6 Å². The molecule has 10 heteroatoms. The minimum absolute atomic E-state index is 0.189. The van der Waals surface area contributed by atoms with Crippen LogP contribution in [0.2, 0.25) is 5.02 Å². The molecule has 3 aliphatic rings. The Morgan fingerprint density at radius 3 is 2.70 bits per heavy atom. The Labute approximate surface area is 256 Å². The predicted octanol–water partition coefficient (Wildman–Crippen LogP) is 6.37. The molecule has 0 saturated carbocycles. The molecule has 0 radical (unpaired) electrons. The number of benzene rings is 2. The highest BCUT2D eigenvalue weighted by Gasteiger charge is 2.43. The van der Waals surface area contributed by atoms with Crippen LogP contribution in [0.25, 0.3) is 6.08 Å². The number of ether oxygens (including phenoxy) is 4. The number of carbonyl (C=O) groups is 1. The fourth-order valence-corrected chi connectivity index (χ4v) is 6.30. The van der Waals surface area contributed by atoms with Gasteiger partial charge in [-0.15, -0.1) is 0 Å². The average molecular weight is 610 g/mol. The number of nitrogens with zero attached hydrogens (tertiary/aromatic N) is 3. The Hall–Kier alpha value is -3.40. The van der Waals surface area contributed by atoms with Crippen molar-refractivity contribution in [2.75, 3.05) is 26.3 Å². The average Bonchev–Trinajstić information content (AvgIpc) is 3.45. The number of fused-ring (bicyclic) bond motifs is 1. The molecule has 2 aromatic carbocycles. The number of hydrogen-bond acceptors (Lipinski definition) is 7. The lowest BCUT2D eigenvalue weighted by atomic mass is 9.88. The molecule has 0 aliphatic carbocycles. The first-order valence-corrected chi connectivity index (χ1v) is 15.3. The Kier molecular flexibility index (Phi) is 8.49. The van der Waals surface area contributed by atoms with E-state index in [-0.39, 0.29) is 18.0 Å². The number of hydrogen-bond donors (Lipinski definition) is 0. The standard InChI is InChI=1S/C33H37ClFN3O5/c1-4-40-31(39)11-10-28-21(2)38(19-24-14-17-41-24)30(36-28)20-37-15-12-22(13-16-37)25-6-5-7-29-32(25)43-33(3,42-29)26-9-8-23(34)18-27(26)35/h5-11,18,22,24H,4,12-17,19-20H2,1-3H3/b11-10+/t24-,33-/m0/s1. The van der Waals surface area contributed by atoms with Gasteiger partial charge in [-0.25, -0.2) is 14.2 Å². The van der Waals surface area contributed by atoms with E-state index in [1.807, 2.05) is 19.1 Å². The summed E-state index contributed by atoms with van der Waals surface area (Å²) >= 11 is 5.98. The van der Waals surface area contributed by atoms with Gasteiger partial charge in [0.15, 0.2) is 11.5 Å². The summed E-state index contributed by atoms with van der Waals surface area (Å²) in [7, 11) is 0. The van der Waals surface area contributed by atoms with Gasteiger partial charge in [0.25, 0.3) is 5.79 Å². The van der Waals surface area contributed by atoms with E-state index in [4.69, 9.17) is 35.5 Å². The maximum Gasteiger partial charge on any atom is 0.330 e. The van der Waals surface area contributed by atoms with Crippen LogP contribution in [0, 0.1) is 12.7 Å². The molecule has 6 rings (SSSR count). The van der Waals surface area contributed by atoms with E-state index in [9.17, 15) is 9.18 Å². The van der Waals surface area contributed by atoms with Gasteiger partial charge in [0.05, 0.1) is 37.1 Å². The molecule has 8 nitrogen and oxygen atoms in total. The van der Waals surface area contributed by atoms with Crippen molar-refractivity contribution >= 4 is 23.6 Å². The van der Waals surface area contributed by atoms with E-state index >= 15 is 0 Å². The van der Waals surface area contributed by atoms with Crippen molar-refractivity contribution in [3.63, 3.8) is 0 Å². The minimum atomic E-state index is -1.27. The van der Waals surface area contributed by atoms with Crippen LogP contribution in [0.3, 0.4) is 0 Å². The number of likely N-dealkylation sites (tertiary alicyclic amines) is 1. The van der Waals surface area contributed by atoms with Gasteiger partial charge in [-0.3, -0.25) is 4.90 Å². The highest BCUT2D eigenvalue weighted by atomic mass is 35.5. The zero-order valence-electron chi connectivity index (χ0n) is 24.8. The number of imidazole rings is 1. The van der Waals surface area contributed by atoms with E-state index in [1.165, 1.54) is 12.1 Å². The summed E-state index contributed by atoms with van der Waals surface area (Å²) in [4.78, 5) is 19.3. The van der Waals surface area contributed by atoms with E-state index in [0.717, 1.165) is 68.3 Å². The van der Waals surface area contributed by atoms with Crippen molar-refractivity contribution in [1.29, 1.82) is 0 Å². The Balaban J connectivity index is 1.15. The smallest absolute Gasteiger partial charge is 0.330 e. The second-order valence-corrected chi connectivity index (χ2v) is 11.9. The van der Waals surface area contributed by atoms with Crippen LogP contribution in [0.4, 0.5) is 4.39 Å². The van der Waals surface area contributed by atoms with Gasteiger partial charge in [0, 0.05) is 35.9 Å². The summed E-state index contributed by atoms with van der Waals surface area (Å²) in [6.07, 6.45) is 6.28. The summed E-state index contributed by atoms with van der Waals surface area (Å²) in [5.74, 6) is 0.441. The van der Waals surface area contributed by atoms with Crippen LogP contribution in [0.15, 0.2) is 42.5 Å². The molecule has 43 heavy (non-hydrogen) atoms. The molecule has 2 saturated heterocycles. The lowest BCUT2D eigenvalue weighted by molar-refractivity contribution is -0.137. The molecule has 0 N–H and O–H groups in total. The second kappa shape index (κ2) is 12.3. The van der Waals surface area contributed by atoms with Gasteiger partial charge >= 0.3 is 5.97 Å². The third kappa shape index (κ3) is 6.16. The number of halogens is 2. The molecule has 1 aromatic heterocycles. The predicted molar refractivity (Wildman–Crippen MR) is 161 cm³/mol. The van der Waals surface area contributed by atoms with E-state index in [2.05, 4.69) is 15.5 Å². The van der Waals surface area contributed by atoms with E-state index in [1.54, 1.807) is 32.1 Å². The Morgan fingerprint density at radius 1 is 1.21 bits per heavy atom. The first-order valence-electron chi connectivity index (χ1n) is 15.0. The van der Waals surface area contributed by atoms with Gasteiger partial charge in [-0.05, 0) is 82.5 Å². The molecule has 0 bridgehead atoms. The minimum Gasteiger partial charge on any atom is -0.463 e. The van der Waals surface area contributed by atoms with Crippen molar-refractivity contribution in [3.05, 3.63) is 81.7 Å². The zero-order valence-corrected chi connectivity index (χ0v) is 25.5. The fourth-order valence-electron chi connectivity index (χ4n) is 6.14. The highest BCUT2D eigenvalue weighted by Crippen LogP contribution is 2.49. The van der Waals surface area contributed by atoms with Crippen molar-refractivity contribution in [2.24, 2.45) is 0 Å². The van der Waals surface area contributed by atoms with E-state index < -0.39 is 11.6 Å². The Bertz CT molecular complexity index is 1530. The number of carbonyl (C=O) groups excluding carboxylic acids is 1. The number of para-hydroxylation sites is 1. The normalized spacial score (nSPS) is 22.2. The molecular weight excluding hydrogens is 573 g/mol. The molecule has 3 aliphatic heterocycles. The van der Waals surface area contributed by atoms with Gasteiger partial charge in [0.2, 0.25) is 0 Å². The first kappa shape index (κ1) is 29.7. The van der Waals surface area contributed by atoms with Crippen LogP contribution in [-0.2, 0) is 33.1 Å². The van der Waals surface area contributed by atoms with Gasteiger partial charge in [0.1, 0.15) is 11.6 Å². The Morgan fingerprint density at radius 2 is 2.00 bits per heavy atom. The van der Waals surface area contributed by atoms with Gasteiger partial charge in [-0.1, -0.05) is 23.7 Å². The molecule has 0 spiro atoms. The summed E-state index contributed by atoms with van der Waals surface area (Å²) in [6, 6.07) is 10.5. The first-order chi connectivity index (χ1) is 20.7. The molecular formula is C33H37ClFN3O5. The summed E-state index contributed by atoms with van der Waals surface area (Å²) in [5.41, 5.74) is 3.18. The third-order valence-corrected chi connectivity index (χ3v) is 8.84. The molecule has 2 atom stereocenters. The zero-order chi connectivity index (χ0) is 30.1. The molecule has 0 unspecified atom stereocenters. The maximum atomic E-state index is 14.8. The number of esters is 1. The highest BCUT2D eigenvalue weighted by molar-refractivity contribution is 6.30. The van der Waals surface area contributed by atoms with Gasteiger partial charge in [-0.2, -0.15) is 0 Å². The maximum absolute atomic E-state index is 14.8. The summed E-state index contributed by atoms with van der Waals surface area (Å²) < 4.78 is 40.4. The van der Waals surface area contributed by atoms with Crippen molar-refractivity contribution in [2.45, 2.75) is 70.9 Å². The number of aromatic nitrogens is 2. The fraction of sp³-hybridized carbons (Fsp3) is 0.455. The number of rotatable bonds is 9. The van der Waals surface area contributed by atoms with Gasteiger partial charge < -0.3 is 23.5 Å². The van der Waals surface area contributed by atoms with Crippen molar-refractivity contribution < 1.29 is 28.1 Å². The molecule has 3 aromatic rings. The third-order valence-electron chi connectivity index (χ3n) is 8.60. The van der Waals surface area contributed by atoms with E-state index in [0.29, 0.717) is 35.2 Å². The lowest BCUT2D eigenvalue weighted by Gasteiger charge is -2.33. The monoisotopic (exact) mass is 609 g/mol. The quantitative estimate of drug-likeness (QED) is 0.206. The molecule has 2 fully saturated rings. The molecule has 4 heterocycles. The van der Waals surface area contributed by atoms with Crippen LogP contribution in [-0.4, -0.2) is 52.8 Å². The molecule has 0 amide bonds. The van der Waals surface area contributed by atoms with Crippen molar-refractivity contribution in [3.8, 4) is 11.5 Å². The largest absolute Gasteiger partial charge is 0.463 e. The second-order valence-electron chi connectivity index (χ2n) is 11.5. The van der Waals surface area contributed by atoms with Crippen LogP contribution < -0.4 is 9.47 Å². The van der Waals surface area contributed by atoms with Crippen LogP contribution in [0.5, 0.6) is 11.5 Å². The summed E-state index contributed by atoms with van der Waals surface area (Å²) in [6.45, 7) is 9.92. The molecule has 228 valence electrons.